The summed E-state index contributed by atoms with van der Waals surface area (Å²) in [6.07, 6.45) is 0. The molecule has 61 heavy (non-hydrogen) atoms. The van der Waals surface area contributed by atoms with E-state index in [1.807, 2.05) is 66.7 Å². The molecule has 16 radical (unpaired) electrons. The van der Waals surface area contributed by atoms with Crippen LogP contribution in [0.5, 0.6) is 0 Å². The molecule has 0 unspecified atom stereocenters. The van der Waals surface area contributed by atoms with Gasteiger partial charge in [0.2, 0.25) is 0 Å². The highest BCUT2D eigenvalue weighted by molar-refractivity contribution is 6.71. The summed E-state index contributed by atoms with van der Waals surface area (Å²) in [4.78, 5) is 0. The number of furan rings is 1. The highest BCUT2D eigenvalue weighted by atomic mass is 16.3. The normalized spacial score (nSPS) is 11.8. The van der Waals surface area contributed by atoms with E-state index in [9.17, 15) is 0 Å². The molecule has 0 aliphatic heterocycles. The van der Waals surface area contributed by atoms with Gasteiger partial charge in [0.25, 0.3) is 0 Å². The first-order valence-electron chi connectivity index (χ1n) is 19.9. The minimum atomic E-state index is 0.161. The van der Waals surface area contributed by atoms with Crippen molar-refractivity contribution < 1.29 is 4.42 Å². The van der Waals surface area contributed by atoms with Gasteiger partial charge in [0, 0.05) is 10.8 Å². The van der Waals surface area contributed by atoms with E-state index < -0.39 is 0 Å². The zero-order valence-corrected chi connectivity index (χ0v) is 32.9. The van der Waals surface area contributed by atoms with Crippen molar-refractivity contribution in [2.24, 2.45) is 0 Å². The smallest absolute Gasteiger partial charge is 0.136 e. The molecule has 1 aromatic heterocycles. The molecule has 1 nitrogen and oxygen atoms in total. The minimum absolute atomic E-state index is 0.161. The van der Waals surface area contributed by atoms with Crippen molar-refractivity contribution in [3.63, 3.8) is 0 Å². The van der Waals surface area contributed by atoms with Gasteiger partial charge in [-0.05, 0) is 112 Å². The number of hydrogen-bond acceptors (Lipinski definition) is 1. The second kappa shape index (κ2) is 14.1. The van der Waals surface area contributed by atoms with Crippen molar-refractivity contribution in [1.82, 2.24) is 0 Å². The van der Waals surface area contributed by atoms with Gasteiger partial charge in [-0.25, -0.2) is 0 Å². The van der Waals surface area contributed by atoms with E-state index >= 15 is 0 Å². The van der Waals surface area contributed by atoms with Crippen molar-refractivity contribution in [3.05, 3.63) is 146 Å². The largest absolute Gasteiger partial charge is 0.456 e. The molecule has 0 saturated carbocycles. The minimum Gasteiger partial charge on any atom is -0.456 e. The molecular weight excluding hydrogens is 727 g/mol. The van der Waals surface area contributed by atoms with Crippen LogP contribution in [0.3, 0.4) is 0 Å². The molecule has 0 aliphatic rings. The summed E-state index contributed by atoms with van der Waals surface area (Å²) in [5.41, 5.74) is 10.2. The van der Waals surface area contributed by atoms with E-state index in [2.05, 4.69) is 78.9 Å². The first-order chi connectivity index (χ1) is 29.6. The maximum Gasteiger partial charge on any atom is 0.136 e. The van der Waals surface area contributed by atoms with Crippen LogP contribution in [0.2, 0.25) is 0 Å². The molecule has 0 amide bonds. The summed E-state index contributed by atoms with van der Waals surface area (Å²) < 4.78 is 6.47. The van der Waals surface area contributed by atoms with E-state index in [0.717, 1.165) is 76.9 Å². The van der Waals surface area contributed by atoms with Crippen LogP contribution in [0, 0.1) is 0 Å². The van der Waals surface area contributed by atoms with E-state index in [4.69, 9.17) is 67.2 Å². The molecule has 0 spiro atoms. The lowest BCUT2D eigenvalue weighted by molar-refractivity contribution is 0.669. The first-order valence-corrected chi connectivity index (χ1v) is 19.9. The molecule has 0 saturated heterocycles. The highest BCUT2D eigenvalue weighted by Gasteiger charge is 2.26. The molecule has 11 aromatic rings. The SMILES string of the molecule is [B]c1c([B])c([B])c2c(-c3ccc(-c4ccccc4)c4ccccc34)c3c([B])c([B])c([B])c([B])c3c(-c3cccc(-c4cccc5oc6cc7ccccc7cc6c45)c3)c2c1[B]. The Hall–Kier alpha value is -6.44. The van der Waals surface area contributed by atoms with E-state index in [-0.39, 0.29) is 43.7 Å². The van der Waals surface area contributed by atoms with Crippen LogP contribution in [0.4, 0.5) is 0 Å². The average molecular weight is 751 g/mol. The lowest BCUT2D eigenvalue weighted by Crippen LogP contribution is -2.50. The Morgan fingerprint density at radius 3 is 1.41 bits per heavy atom. The summed E-state index contributed by atoms with van der Waals surface area (Å²) in [6, 6.07) is 49.5. The summed E-state index contributed by atoms with van der Waals surface area (Å²) >= 11 is 0. The Morgan fingerprint density at radius 2 is 0.770 bits per heavy atom. The van der Waals surface area contributed by atoms with Gasteiger partial charge in [-0.2, -0.15) is 0 Å². The molecule has 262 valence electrons. The third kappa shape index (κ3) is 5.52. The molecule has 0 aliphatic carbocycles. The van der Waals surface area contributed by atoms with Gasteiger partial charge in [0.05, 0.1) is 0 Å². The number of rotatable bonds is 4. The molecular formula is C52H24B8O. The fourth-order valence-corrected chi connectivity index (χ4v) is 9.49. The summed E-state index contributed by atoms with van der Waals surface area (Å²) in [6.45, 7) is 0. The van der Waals surface area contributed by atoms with Crippen molar-refractivity contribution in [1.29, 1.82) is 0 Å². The zero-order valence-electron chi connectivity index (χ0n) is 32.9. The molecule has 11 rings (SSSR count). The molecule has 0 N–H and O–H groups in total. The summed E-state index contributed by atoms with van der Waals surface area (Å²) in [7, 11) is 55.6. The van der Waals surface area contributed by atoms with Crippen molar-refractivity contribution in [3.8, 4) is 44.5 Å². The van der Waals surface area contributed by atoms with Crippen molar-refractivity contribution >= 4 is 172 Å². The summed E-state index contributed by atoms with van der Waals surface area (Å²) in [5.74, 6) is 0. The molecule has 10 aromatic carbocycles. The first kappa shape index (κ1) is 37.6. The molecule has 9 heteroatoms. The van der Waals surface area contributed by atoms with Crippen molar-refractivity contribution in [2.75, 3.05) is 0 Å². The summed E-state index contributed by atoms with van der Waals surface area (Å²) in [5, 5.41) is 8.46. The standard InChI is InChI=1S/C52H24B8O/c53-45-41-38(29-15-8-14-28(22-29)31-18-9-19-36-39(31)35-23-26-12-4-5-13-27(26)24-37(35)61-36)42-44(48(56)52(60)50(58)46(42)54)40(43(41)47(55)51(59)49(45)57)34-21-20-30(25-10-2-1-3-11-25)32-16-6-7-17-33(32)34/h1-24H. The lowest BCUT2D eigenvalue weighted by Gasteiger charge is -2.29. The highest BCUT2D eigenvalue weighted by Crippen LogP contribution is 2.45. The zero-order chi connectivity index (χ0) is 41.8. The lowest BCUT2D eigenvalue weighted by atomic mass is 9.59. The van der Waals surface area contributed by atoms with Gasteiger partial charge in [-0.1, -0.05) is 143 Å². The second-order valence-electron chi connectivity index (χ2n) is 15.7. The van der Waals surface area contributed by atoms with Crippen LogP contribution in [-0.2, 0) is 0 Å². The fraction of sp³-hybridized carbons (Fsp3) is 0. The Morgan fingerprint density at radius 1 is 0.279 bits per heavy atom. The fourth-order valence-electron chi connectivity index (χ4n) is 9.49. The monoisotopic (exact) mass is 752 g/mol. The van der Waals surface area contributed by atoms with E-state index in [1.54, 1.807) is 0 Å². The molecule has 0 bridgehead atoms. The Kier molecular flexibility index (Phi) is 8.66. The van der Waals surface area contributed by atoms with E-state index in [1.165, 1.54) is 0 Å². The van der Waals surface area contributed by atoms with Crippen LogP contribution in [0.15, 0.2) is 150 Å². The second-order valence-corrected chi connectivity index (χ2v) is 15.7. The quantitative estimate of drug-likeness (QED) is 0.178. The number of hydrogen-bond donors (Lipinski definition) is 0. The van der Waals surface area contributed by atoms with Gasteiger partial charge in [-0.15, -0.1) is 21.9 Å². The van der Waals surface area contributed by atoms with Crippen LogP contribution in [-0.4, -0.2) is 62.8 Å². The molecule has 0 fully saturated rings. The van der Waals surface area contributed by atoms with Gasteiger partial charge in [-0.3, -0.25) is 0 Å². The molecule has 1 heterocycles. The maximum atomic E-state index is 7.15. The van der Waals surface area contributed by atoms with Crippen LogP contribution >= 0.6 is 0 Å². The van der Waals surface area contributed by atoms with Gasteiger partial charge < -0.3 is 4.42 Å². The number of fused-ring (bicyclic) bond motifs is 7. The number of benzene rings is 10. The Labute approximate surface area is 364 Å². The maximum absolute atomic E-state index is 7.15. The van der Waals surface area contributed by atoms with Gasteiger partial charge in [0.15, 0.2) is 0 Å². The van der Waals surface area contributed by atoms with Crippen LogP contribution in [0.1, 0.15) is 0 Å². The predicted molar refractivity (Wildman–Crippen MR) is 269 cm³/mol. The van der Waals surface area contributed by atoms with Gasteiger partial charge >= 0.3 is 0 Å². The topological polar surface area (TPSA) is 13.1 Å². The average Bonchev–Trinajstić information content (AvgIpc) is 3.67. The Balaban J connectivity index is 1.28. The van der Waals surface area contributed by atoms with Crippen molar-refractivity contribution in [2.45, 2.75) is 0 Å². The van der Waals surface area contributed by atoms with Gasteiger partial charge in [0.1, 0.15) is 73.9 Å². The van der Waals surface area contributed by atoms with E-state index in [0.29, 0.717) is 32.7 Å². The third-order valence-corrected chi connectivity index (χ3v) is 12.4. The Bertz CT molecular complexity index is 3610. The molecule has 0 atom stereocenters. The van der Waals surface area contributed by atoms with Crippen LogP contribution in [0.25, 0.3) is 110 Å². The third-order valence-electron chi connectivity index (χ3n) is 12.4. The van der Waals surface area contributed by atoms with Crippen LogP contribution < -0.4 is 43.7 Å². The predicted octanol–water partition coefficient (Wildman–Crippen LogP) is 5.22.